The summed E-state index contributed by atoms with van der Waals surface area (Å²) in [5, 5.41) is 11.3. The monoisotopic (exact) mass is 403 g/mol. The molecular weight excluding hydrogens is 386 g/mol. The molecular formula is C23H18ClN3O2. The zero-order valence-corrected chi connectivity index (χ0v) is 16.2. The Morgan fingerprint density at radius 1 is 0.931 bits per heavy atom. The standard InChI is InChI=1S/C23H18ClN3O2/c24-17-8-4-5-15(11-17)14-29-18-9-10-19(21(28)12-18)22-20(13-26-23(25)27-22)16-6-2-1-3-7-16/h1-13,28H,14H2,(H2,25,26,27). The molecule has 144 valence electrons. The SMILES string of the molecule is Nc1ncc(-c2ccccc2)c(-c2ccc(OCc3cccc(Cl)c3)cc2O)n1. The summed E-state index contributed by atoms with van der Waals surface area (Å²) in [5.41, 5.74) is 9.57. The van der Waals surface area contributed by atoms with Gasteiger partial charge < -0.3 is 15.6 Å². The maximum absolute atomic E-state index is 10.6. The molecule has 5 nitrogen and oxygen atoms in total. The number of benzene rings is 3. The number of aromatic hydroxyl groups is 1. The van der Waals surface area contributed by atoms with Crippen LogP contribution >= 0.6 is 11.6 Å². The van der Waals surface area contributed by atoms with E-state index in [0.717, 1.165) is 16.7 Å². The third-order valence-corrected chi connectivity index (χ3v) is 4.65. The van der Waals surface area contributed by atoms with Gasteiger partial charge in [0.25, 0.3) is 0 Å². The fraction of sp³-hybridized carbons (Fsp3) is 0.0435. The fourth-order valence-corrected chi connectivity index (χ4v) is 3.24. The van der Waals surface area contributed by atoms with Crippen LogP contribution in [0, 0.1) is 0 Å². The lowest BCUT2D eigenvalue weighted by Gasteiger charge is -2.13. The van der Waals surface area contributed by atoms with Gasteiger partial charge in [-0.25, -0.2) is 9.97 Å². The second kappa shape index (κ2) is 8.20. The van der Waals surface area contributed by atoms with Crippen LogP contribution in [0.15, 0.2) is 79.0 Å². The van der Waals surface area contributed by atoms with Crippen LogP contribution in [-0.2, 0) is 6.61 Å². The molecule has 0 aliphatic rings. The number of aromatic nitrogens is 2. The van der Waals surface area contributed by atoms with Gasteiger partial charge in [-0.3, -0.25) is 0 Å². The summed E-state index contributed by atoms with van der Waals surface area (Å²) < 4.78 is 5.78. The summed E-state index contributed by atoms with van der Waals surface area (Å²) in [5.74, 6) is 0.721. The lowest BCUT2D eigenvalue weighted by atomic mass is 10.00. The Balaban J connectivity index is 1.64. The zero-order valence-electron chi connectivity index (χ0n) is 15.4. The summed E-state index contributed by atoms with van der Waals surface area (Å²) in [4.78, 5) is 8.47. The topological polar surface area (TPSA) is 81.3 Å². The van der Waals surface area contributed by atoms with Gasteiger partial charge in [0, 0.05) is 28.4 Å². The molecule has 4 rings (SSSR count). The summed E-state index contributed by atoms with van der Waals surface area (Å²) >= 11 is 6.00. The normalized spacial score (nSPS) is 10.7. The number of nitrogens with two attached hydrogens (primary N) is 1. The number of nitrogen functional groups attached to an aromatic ring is 1. The van der Waals surface area contributed by atoms with Crippen LogP contribution < -0.4 is 10.5 Å². The van der Waals surface area contributed by atoms with E-state index in [4.69, 9.17) is 22.1 Å². The molecule has 0 saturated carbocycles. The summed E-state index contributed by atoms with van der Waals surface area (Å²) in [6, 6.07) is 22.3. The average Bonchev–Trinajstić information content (AvgIpc) is 2.73. The highest BCUT2D eigenvalue weighted by Crippen LogP contribution is 2.37. The highest BCUT2D eigenvalue weighted by atomic mass is 35.5. The Bertz CT molecular complexity index is 1150. The van der Waals surface area contributed by atoms with Gasteiger partial charge in [-0.1, -0.05) is 54.1 Å². The Labute approximate surface area is 173 Å². The van der Waals surface area contributed by atoms with E-state index in [1.54, 1.807) is 24.4 Å². The van der Waals surface area contributed by atoms with E-state index in [-0.39, 0.29) is 11.7 Å². The molecule has 6 heteroatoms. The van der Waals surface area contributed by atoms with Gasteiger partial charge in [0.05, 0.1) is 5.69 Å². The first-order valence-electron chi connectivity index (χ1n) is 8.99. The first kappa shape index (κ1) is 18.8. The predicted octanol–water partition coefficient (Wildman–Crippen LogP) is 5.33. The highest BCUT2D eigenvalue weighted by molar-refractivity contribution is 6.30. The summed E-state index contributed by atoms with van der Waals surface area (Å²) in [6.07, 6.45) is 1.66. The summed E-state index contributed by atoms with van der Waals surface area (Å²) in [7, 11) is 0. The molecule has 1 heterocycles. The van der Waals surface area contributed by atoms with E-state index >= 15 is 0 Å². The molecule has 4 aromatic rings. The van der Waals surface area contributed by atoms with Gasteiger partial charge in [0.2, 0.25) is 5.95 Å². The van der Waals surface area contributed by atoms with Crippen molar-refractivity contribution in [1.29, 1.82) is 0 Å². The molecule has 0 amide bonds. The molecule has 0 saturated heterocycles. The van der Waals surface area contributed by atoms with Crippen LogP contribution in [0.5, 0.6) is 11.5 Å². The van der Waals surface area contributed by atoms with Crippen LogP contribution in [-0.4, -0.2) is 15.1 Å². The predicted molar refractivity (Wildman–Crippen MR) is 115 cm³/mol. The second-order valence-electron chi connectivity index (χ2n) is 6.45. The van der Waals surface area contributed by atoms with E-state index in [1.165, 1.54) is 0 Å². The molecule has 0 aliphatic carbocycles. The van der Waals surface area contributed by atoms with Gasteiger partial charge in [-0.15, -0.1) is 0 Å². The van der Waals surface area contributed by atoms with Crippen LogP contribution in [0.4, 0.5) is 5.95 Å². The smallest absolute Gasteiger partial charge is 0.220 e. The Kier molecular flexibility index (Phi) is 5.31. The molecule has 0 spiro atoms. The van der Waals surface area contributed by atoms with Crippen molar-refractivity contribution in [2.45, 2.75) is 6.61 Å². The van der Waals surface area contributed by atoms with E-state index in [9.17, 15) is 5.11 Å². The molecule has 0 fully saturated rings. The molecule has 0 unspecified atom stereocenters. The maximum Gasteiger partial charge on any atom is 0.220 e. The van der Waals surface area contributed by atoms with Gasteiger partial charge in [-0.05, 0) is 35.4 Å². The quantitative estimate of drug-likeness (QED) is 0.470. The molecule has 0 aliphatic heterocycles. The Morgan fingerprint density at radius 2 is 1.76 bits per heavy atom. The minimum absolute atomic E-state index is 0.0453. The van der Waals surface area contributed by atoms with Crippen molar-refractivity contribution >= 4 is 17.5 Å². The number of nitrogens with zero attached hydrogens (tertiary/aromatic N) is 2. The van der Waals surface area contributed by atoms with Crippen LogP contribution in [0.1, 0.15) is 5.56 Å². The van der Waals surface area contributed by atoms with Gasteiger partial charge in [-0.2, -0.15) is 0 Å². The fourth-order valence-electron chi connectivity index (χ4n) is 3.02. The van der Waals surface area contributed by atoms with Crippen molar-refractivity contribution in [3.05, 3.63) is 89.6 Å². The minimum atomic E-state index is 0.0453. The number of hydrogen-bond donors (Lipinski definition) is 2. The lowest BCUT2D eigenvalue weighted by molar-refractivity contribution is 0.304. The Hall–Kier alpha value is -3.57. The number of hydrogen-bond acceptors (Lipinski definition) is 5. The van der Waals surface area contributed by atoms with E-state index in [1.807, 2.05) is 54.6 Å². The third-order valence-electron chi connectivity index (χ3n) is 4.41. The number of rotatable bonds is 5. The molecule has 29 heavy (non-hydrogen) atoms. The van der Waals surface area contributed by atoms with Crippen molar-refractivity contribution in [2.24, 2.45) is 0 Å². The number of ether oxygens (including phenoxy) is 1. The molecule has 3 aromatic carbocycles. The number of phenolic OH excluding ortho intramolecular Hbond substituents is 1. The number of halogens is 1. The second-order valence-corrected chi connectivity index (χ2v) is 6.89. The molecule has 3 N–H and O–H groups in total. The van der Waals surface area contributed by atoms with E-state index < -0.39 is 0 Å². The Morgan fingerprint density at radius 3 is 2.52 bits per heavy atom. The van der Waals surface area contributed by atoms with Gasteiger partial charge in [0.15, 0.2) is 0 Å². The average molecular weight is 404 g/mol. The van der Waals surface area contributed by atoms with Crippen LogP contribution in [0.3, 0.4) is 0 Å². The van der Waals surface area contributed by atoms with Crippen molar-refractivity contribution in [2.75, 3.05) is 5.73 Å². The molecule has 0 radical (unpaired) electrons. The van der Waals surface area contributed by atoms with Crippen LogP contribution in [0.25, 0.3) is 22.4 Å². The summed E-state index contributed by atoms with van der Waals surface area (Å²) in [6.45, 7) is 0.342. The van der Waals surface area contributed by atoms with Crippen molar-refractivity contribution in [3.8, 4) is 33.9 Å². The van der Waals surface area contributed by atoms with E-state index in [0.29, 0.717) is 28.6 Å². The number of phenols is 1. The molecule has 0 bridgehead atoms. The lowest BCUT2D eigenvalue weighted by Crippen LogP contribution is -1.99. The molecule has 0 atom stereocenters. The highest BCUT2D eigenvalue weighted by Gasteiger charge is 2.15. The molecule has 1 aromatic heterocycles. The van der Waals surface area contributed by atoms with Gasteiger partial charge >= 0.3 is 0 Å². The van der Waals surface area contributed by atoms with E-state index in [2.05, 4.69) is 9.97 Å². The minimum Gasteiger partial charge on any atom is -0.507 e. The van der Waals surface area contributed by atoms with Crippen molar-refractivity contribution in [1.82, 2.24) is 9.97 Å². The maximum atomic E-state index is 10.6. The van der Waals surface area contributed by atoms with Gasteiger partial charge in [0.1, 0.15) is 18.1 Å². The zero-order chi connectivity index (χ0) is 20.2. The van der Waals surface area contributed by atoms with Crippen LogP contribution in [0.2, 0.25) is 5.02 Å². The first-order chi connectivity index (χ1) is 14.1. The first-order valence-corrected chi connectivity index (χ1v) is 9.36. The van der Waals surface area contributed by atoms with Crippen molar-refractivity contribution in [3.63, 3.8) is 0 Å². The van der Waals surface area contributed by atoms with Crippen molar-refractivity contribution < 1.29 is 9.84 Å². The largest absolute Gasteiger partial charge is 0.507 e. The number of anilines is 1. The third kappa shape index (κ3) is 4.31.